The number of rotatable bonds is 4. The summed E-state index contributed by atoms with van der Waals surface area (Å²) in [5, 5.41) is 12.9. The van der Waals surface area contributed by atoms with E-state index in [1.165, 1.54) is 0 Å². The van der Waals surface area contributed by atoms with E-state index in [0.29, 0.717) is 5.71 Å². The lowest BCUT2D eigenvalue weighted by Crippen LogP contribution is -2.37. The van der Waals surface area contributed by atoms with Crippen LogP contribution in [-0.2, 0) is 0 Å². The molecule has 0 saturated heterocycles. The Morgan fingerprint density at radius 2 is 1.46 bits per heavy atom. The number of methoxy groups -OCH3 is 1. The maximum absolute atomic E-state index is 12.9. The average Bonchev–Trinajstić information content (AvgIpc) is 2.70. The van der Waals surface area contributed by atoms with Crippen molar-refractivity contribution in [2.45, 2.75) is 6.04 Å². The van der Waals surface area contributed by atoms with E-state index in [9.17, 15) is 5.21 Å². The summed E-state index contributed by atoms with van der Waals surface area (Å²) in [5.74, 6) is 0.777. The Labute approximate surface area is 153 Å². The van der Waals surface area contributed by atoms with Crippen molar-refractivity contribution in [2.24, 2.45) is 0 Å². The Morgan fingerprint density at radius 3 is 2.08 bits per heavy atom. The molecule has 3 nitrogen and oxygen atoms in total. The van der Waals surface area contributed by atoms with Crippen molar-refractivity contribution in [3.05, 3.63) is 112 Å². The minimum atomic E-state index is -0.284. The molecule has 0 bridgehead atoms. The molecule has 3 heteroatoms. The average molecular weight is 341 g/mol. The van der Waals surface area contributed by atoms with Crippen LogP contribution in [0, 0.1) is 5.21 Å². The maximum Gasteiger partial charge on any atom is 0.229 e. The molecular weight excluding hydrogens is 322 g/mol. The molecule has 1 aliphatic heterocycles. The highest BCUT2D eigenvalue weighted by molar-refractivity contribution is 6.15. The van der Waals surface area contributed by atoms with Gasteiger partial charge in [-0.2, -0.15) is 4.74 Å². The van der Waals surface area contributed by atoms with Crippen molar-refractivity contribution < 1.29 is 9.48 Å². The predicted octanol–water partition coefficient (Wildman–Crippen LogP) is 4.83. The summed E-state index contributed by atoms with van der Waals surface area (Å²) >= 11 is 0. The number of hydrogen-bond acceptors (Lipinski definition) is 2. The van der Waals surface area contributed by atoms with Crippen molar-refractivity contribution >= 4 is 11.8 Å². The summed E-state index contributed by atoms with van der Waals surface area (Å²) in [7, 11) is 1.64. The molecule has 0 N–H and O–H groups in total. The Kier molecular flexibility index (Phi) is 4.28. The molecule has 26 heavy (non-hydrogen) atoms. The van der Waals surface area contributed by atoms with E-state index >= 15 is 0 Å². The molecule has 1 unspecified atom stereocenters. The normalized spacial score (nSPS) is 17.9. The van der Waals surface area contributed by atoms with Crippen molar-refractivity contribution in [3.8, 4) is 5.75 Å². The number of hydroxylamine groups is 1. The first-order chi connectivity index (χ1) is 12.8. The zero-order valence-electron chi connectivity index (χ0n) is 14.5. The fraction of sp³-hybridized carbons (Fsp3) is 0.0870. The van der Waals surface area contributed by atoms with Crippen LogP contribution in [0.3, 0.4) is 0 Å². The Hall–Kier alpha value is -3.33. The van der Waals surface area contributed by atoms with Crippen LogP contribution in [0.5, 0.6) is 5.75 Å². The minimum Gasteiger partial charge on any atom is -0.623 e. The van der Waals surface area contributed by atoms with Gasteiger partial charge < -0.3 is 9.94 Å². The predicted molar refractivity (Wildman–Crippen MR) is 104 cm³/mol. The molecule has 1 aliphatic rings. The zero-order valence-corrected chi connectivity index (χ0v) is 14.5. The van der Waals surface area contributed by atoms with Crippen LogP contribution in [0.1, 0.15) is 22.7 Å². The van der Waals surface area contributed by atoms with Gasteiger partial charge in [0.15, 0.2) is 0 Å². The summed E-state index contributed by atoms with van der Waals surface area (Å²) in [6, 6.07) is 27.3. The third kappa shape index (κ3) is 2.88. The number of hydrogen-bond donors (Lipinski definition) is 0. The first kappa shape index (κ1) is 16.2. The highest BCUT2D eigenvalue weighted by atomic mass is 16.5. The van der Waals surface area contributed by atoms with Crippen molar-refractivity contribution in [1.29, 1.82) is 0 Å². The van der Waals surface area contributed by atoms with Gasteiger partial charge in [-0.3, -0.25) is 0 Å². The van der Waals surface area contributed by atoms with Crippen molar-refractivity contribution in [3.63, 3.8) is 0 Å². The second-order valence-corrected chi connectivity index (χ2v) is 6.23. The van der Waals surface area contributed by atoms with E-state index in [1.807, 2.05) is 84.9 Å². The van der Waals surface area contributed by atoms with Crippen LogP contribution in [0.25, 0.3) is 6.08 Å². The van der Waals surface area contributed by atoms with Gasteiger partial charge in [-0.1, -0.05) is 60.7 Å². The number of ether oxygens (including phenoxy) is 1. The summed E-state index contributed by atoms with van der Waals surface area (Å²) in [6.45, 7) is 0. The standard InChI is InChI=1S/C23H19NO2/c1-26-20-14-12-19(13-15-20)23-21(16-17-8-4-2-5-9-17)22(24(23)25)18-10-6-3-7-11-18/h2-16,22H,1H3/b21-16+. The summed E-state index contributed by atoms with van der Waals surface area (Å²) in [6.07, 6.45) is 2.10. The fourth-order valence-corrected chi connectivity index (χ4v) is 3.32. The van der Waals surface area contributed by atoms with E-state index in [2.05, 4.69) is 6.08 Å². The van der Waals surface area contributed by atoms with E-state index in [0.717, 1.165) is 32.8 Å². The SMILES string of the molecule is COc1ccc(C2=[N+]([O-])C(c3ccccc3)/C2=C\c2ccccc2)cc1. The Morgan fingerprint density at radius 1 is 0.846 bits per heavy atom. The third-order valence-corrected chi connectivity index (χ3v) is 4.62. The molecule has 0 spiro atoms. The molecule has 0 fully saturated rings. The van der Waals surface area contributed by atoms with E-state index in [-0.39, 0.29) is 6.04 Å². The second-order valence-electron chi connectivity index (χ2n) is 6.23. The third-order valence-electron chi connectivity index (χ3n) is 4.62. The van der Waals surface area contributed by atoms with Crippen LogP contribution < -0.4 is 4.74 Å². The highest BCUT2D eigenvalue weighted by Gasteiger charge is 2.42. The topological polar surface area (TPSA) is 35.3 Å². The molecule has 128 valence electrons. The first-order valence-electron chi connectivity index (χ1n) is 8.57. The molecule has 1 atom stereocenters. The second kappa shape index (κ2) is 6.89. The molecular formula is C23H19NO2. The van der Waals surface area contributed by atoms with Crippen LogP contribution in [0.15, 0.2) is 90.5 Å². The summed E-state index contributed by atoms with van der Waals surface area (Å²) in [5.41, 5.74) is 4.73. The largest absolute Gasteiger partial charge is 0.623 e. The lowest BCUT2D eigenvalue weighted by atomic mass is 9.84. The Bertz CT molecular complexity index is 958. The zero-order chi connectivity index (χ0) is 17.9. The molecule has 0 saturated carbocycles. The quantitative estimate of drug-likeness (QED) is 0.503. The van der Waals surface area contributed by atoms with Gasteiger partial charge in [-0.25, -0.2) is 0 Å². The van der Waals surface area contributed by atoms with Gasteiger partial charge in [-0.05, 0) is 35.9 Å². The molecule has 3 aromatic rings. The highest BCUT2D eigenvalue weighted by Crippen LogP contribution is 2.38. The van der Waals surface area contributed by atoms with Crippen LogP contribution in [-0.4, -0.2) is 17.6 Å². The van der Waals surface area contributed by atoms with Gasteiger partial charge in [0, 0.05) is 11.1 Å². The lowest BCUT2D eigenvalue weighted by molar-refractivity contribution is -0.516. The van der Waals surface area contributed by atoms with Gasteiger partial charge in [0.2, 0.25) is 11.8 Å². The van der Waals surface area contributed by atoms with Crippen LogP contribution in [0.2, 0.25) is 0 Å². The summed E-state index contributed by atoms with van der Waals surface area (Å²) in [4.78, 5) is 0. The van der Waals surface area contributed by atoms with E-state index in [1.54, 1.807) is 7.11 Å². The van der Waals surface area contributed by atoms with Gasteiger partial charge in [0.1, 0.15) is 5.75 Å². The van der Waals surface area contributed by atoms with E-state index < -0.39 is 0 Å². The molecule has 3 aromatic carbocycles. The fourth-order valence-electron chi connectivity index (χ4n) is 3.32. The van der Waals surface area contributed by atoms with Gasteiger partial charge in [0.05, 0.1) is 12.7 Å². The van der Waals surface area contributed by atoms with Crippen molar-refractivity contribution in [1.82, 2.24) is 0 Å². The number of benzene rings is 3. The smallest absolute Gasteiger partial charge is 0.229 e. The lowest BCUT2D eigenvalue weighted by Gasteiger charge is -2.31. The Balaban J connectivity index is 1.81. The van der Waals surface area contributed by atoms with Gasteiger partial charge >= 0.3 is 0 Å². The molecule has 0 aliphatic carbocycles. The maximum atomic E-state index is 12.9. The minimum absolute atomic E-state index is 0.284. The van der Waals surface area contributed by atoms with Gasteiger partial charge in [0.25, 0.3) is 0 Å². The van der Waals surface area contributed by atoms with Crippen LogP contribution in [0.4, 0.5) is 0 Å². The number of nitrogens with zero attached hydrogens (tertiary/aromatic N) is 1. The van der Waals surface area contributed by atoms with E-state index in [4.69, 9.17) is 4.74 Å². The first-order valence-corrected chi connectivity index (χ1v) is 8.57. The molecule has 0 amide bonds. The molecule has 0 radical (unpaired) electrons. The monoisotopic (exact) mass is 341 g/mol. The molecule has 4 rings (SSSR count). The summed E-state index contributed by atoms with van der Waals surface area (Å²) < 4.78 is 6.33. The van der Waals surface area contributed by atoms with Gasteiger partial charge in [-0.15, -0.1) is 0 Å². The van der Waals surface area contributed by atoms with Crippen LogP contribution >= 0.6 is 0 Å². The molecule has 0 aromatic heterocycles. The molecule has 1 heterocycles. The van der Waals surface area contributed by atoms with Crippen molar-refractivity contribution in [2.75, 3.05) is 7.11 Å².